The number of carbonyl (C=O) groups is 1. The van der Waals surface area contributed by atoms with E-state index >= 15 is 0 Å². The Morgan fingerprint density at radius 3 is 2.16 bits per heavy atom. The van der Waals surface area contributed by atoms with Gasteiger partial charge in [0.05, 0.1) is 13.2 Å². The van der Waals surface area contributed by atoms with Crippen LogP contribution in [0.1, 0.15) is 44.0 Å². The average Bonchev–Trinajstić information content (AvgIpc) is 2.62. The van der Waals surface area contributed by atoms with Crippen molar-refractivity contribution >= 4 is 11.6 Å². The molecule has 4 heteroatoms. The van der Waals surface area contributed by atoms with Gasteiger partial charge in [-0.25, -0.2) is 0 Å². The third-order valence-corrected chi connectivity index (χ3v) is 3.58. The molecule has 2 aromatic rings. The normalized spacial score (nSPS) is 10.6. The molecular formula is C21H27NO3. The zero-order valence-electron chi connectivity index (χ0n) is 15.2. The lowest BCUT2D eigenvalue weighted by molar-refractivity contribution is 0.102. The Labute approximate surface area is 150 Å². The van der Waals surface area contributed by atoms with E-state index in [0.717, 1.165) is 30.0 Å². The number of nitrogens with one attached hydrogen (secondary N) is 1. The van der Waals surface area contributed by atoms with Crippen molar-refractivity contribution in [2.24, 2.45) is 5.92 Å². The minimum Gasteiger partial charge on any atom is -0.494 e. The maximum Gasteiger partial charge on any atom is 0.255 e. The summed E-state index contributed by atoms with van der Waals surface area (Å²) < 4.78 is 11.2. The number of rotatable bonds is 9. The molecule has 0 unspecified atom stereocenters. The van der Waals surface area contributed by atoms with Crippen LogP contribution in [0.5, 0.6) is 11.5 Å². The number of amides is 1. The molecule has 0 heterocycles. The molecule has 0 saturated heterocycles. The maximum atomic E-state index is 12.3. The van der Waals surface area contributed by atoms with E-state index in [-0.39, 0.29) is 5.91 Å². The molecule has 0 aromatic heterocycles. The molecule has 1 amide bonds. The van der Waals surface area contributed by atoms with E-state index in [2.05, 4.69) is 26.1 Å². The Bertz CT molecular complexity index is 648. The van der Waals surface area contributed by atoms with Crippen molar-refractivity contribution in [3.63, 3.8) is 0 Å². The van der Waals surface area contributed by atoms with Crippen molar-refractivity contribution in [1.29, 1.82) is 0 Å². The number of benzene rings is 2. The number of anilines is 1. The molecule has 0 spiro atoms. The second-order valence-electron chi connectivity index (χ2n) is 6.41. The van der Waals surface area contributed by atoms with Crippen LogP contribution in [0, 0.1) is 5.92 Å². The summed E-state index contributed by atoms with van der Waals surface area (Å²) in [6.07, 6.45) is 2.14. The van der Waals surface area contributed by atoms with Crippen LogP contribution in [-0.4, -0.2) is 19.1 Å². The van der Waals surface area contributed by atoms with Gasteiger partial charge in [0.15, 0.2) is 0 Å². The van der Waals surface area contributed by atoms with Crippen molar-refractivity contribution in [3.05, 3.63) is 54.1 Å². The highest BCUT2D eigenvalue weighted by molar-refractivity contribution is 6.04. The molecule has 0 aliphatic carbocycles. The minimum absolute atomic E-state index is 0.143. The minimum atomic E-state index is -0.143. The number of unbranched alkanes of at least 4 members (excludes halogenated alkanes) is 1. The van der Waals surface area contributed by atoms with Crippen LogP contribution < -0.4 is 14.8 Å². The lowest BCUT2D eigenvalue weighted by Crippen LogP contribution is -2.12. The van der Waals surface area contributed by atoms with Crippen LogP contribution in [0.4, 0.5) is 5.69 Å². The number of hydrogen-bond acceptors (Lipinski definition) is 3. The Morgan fingerprint density at radius 2 is 1.56 bits per heavy atom. The second-order valence-corrected chi connectivity index (χ2v) is 6.41. The summed E-state index contributed by atoms with van der Waals surface area (Å²) in [5.74, 6) is 1.92. The lowest BCUT2D eigenvalue weighted by atomic mass is 10.2. The SMILES string of the molecule is CCCCOc1ccc(NC(=O)c2ccc(OCC(C)C)cc2)cc1. The molecular weight excluding hydrogens is 314 g/mol. The van der Waals surface area contributed by atoms with Crippen LogP contribution >= 0.6 is 0 Å². The third kappa shape index (κ3) is 6.49. The van der Waals surface area contributed by atoms with E-state index in [1.54, 1.807) is 12.1 Å². The molecule has 0 bridgehead atoms. The van der Waals surface area contributed by atoms with Gasteiger partial charge in [0.1, 0.15) is 11.5 Å². The van der Waals surface area contributed by atoms with E-state index in [4.69, 9.17) is 9.47 Å². The van der Waals surface area contributed by atoms with E-state index in [9.17, 15) is 4.79 Å². The molecule has 2 aromatic carbocycles. The Balaban J connectivity index is 1.88. The van der Waals surface area contributed by atoms with Crippen molar-refractivity contribution < 1.29 is 14.3 Å². The predicted molar refractivity (Wildman–Crippen MR) is 102 cm³/mol. The standard InChI is InChI=1S/C21H27NO3/c1-4-5-14-24-19-12-8-18(9-13-19)22-21(23)17-6-10-20(11-7-17)25-15-16(2)3/h6-13,16H,4-5,14-15H2,1-3H3,(H,22,23). The second kappa shape index (κ2) is 9.72. The summed E-state index contributed by atoms with van der Waals surface area (Å²) in [5, 5.41) is 2.89. The zero-order valence-corrected chi connectivity index (χ0v) is 15.2. The van der Waals surface area contributed by atoms with Gasteiger partial charge < -0.3 is 14.8 Å². The summed E-state index contributed by atoms with van der Waals surface area (Å²) >= 11 is 0. The van der Waals surface area contributed by atoms with Crippen LogP contribution in [0.25, 0.3) is 0 Å². The summed E-state index contributed by atoms with van der Waals surface area (Å²) in [4.78, 5) is 12.3. The fourth-order valence-electron chi connectivity index (χ4n) is 2.14. The Hall–Kier alpha value is -2.49. The van der Waals surface area contributed by atoms with Gasteiger partial charge in [0, 0.05) is 11.3 Å². The monoisotopic (exact) mass is 341 g/mol. The molecule has 1 N–H and O–H groups in total. The Kier molecular flexibility index (Phi) is 7.33. The zero-order chi connectivity index (χ0) is 18.1. The first kappa shape index (κ1) is 18.8. The number of ether oxygens (including phenoxy) is 2. The molecule has 0 fully saturated rings. The summed E-state index contributed by atoms with van der Waals surface area (Å²) in [5.41, 5.74) is 1.34. The van der Waals surface area contributed by atoms with Gasteiger partial charge >= 0.3 is 0 Å². The highest BCUT2D eigenvalue weighted by Gasteiger charge is 2.07. The van der Waals surface area contributed by atoms with Crippen LogP contribution in [0.2, 0.25) is 0 Å². The third-order valence-electron chi connectivity index (χ3n) is 3.58. The summed E-state index contributed by atoms with van der Waals surface area (Å²) in [7, 11) is 0. The van der Waals surface area contributed by atoms with Crippen molar-refractivity contribution in [1.82, 2.24) is 0 Å². The number of carbonyl (C=O) groups excluding carboxylic acids is 1. The quantitative estimate of drug-likeness (QED) is 0.641. The molecule has 0 aliphatic heterocycles. The van der Waals surface area contributed by atoms with E-state index in [1.807, 2.05) is 36.4 Å². The molecule has 0 radical (unpaired) electrons. The van der Waals surface area contributed by atoms with Crippen molar-refractivity contribution in [2.75, 3.05) is 18.5 Å². The lowest BCUT2D eigenvalue weighted by Gasteiger charge is -2.10. The summed E-state index contributed by atoms with van der Waals surface area (Å²) in [6.45, 7) is 7.71. The molecule has 25 heavy (non-hydrogen) atoms. The first-order chi connectivity index (χ1) is 12.1. The smallest absolute Gasteiger partial charge is 0.255 e. The van der Waals surface area contributed by atoms with Crippen LogP contribution in [-0.2, 0) is 0 Å². The predicted octanol–water partition coefficient (Wildman–Crippen LogP) is 5.15. The fourth-order valence-corrected chi connectivity index (χ4v) is 2.14. The Morgan fingerprint density at radius 1 is 0.960 bits per heavy atom. The van der Waals surface area contributed by atoms with Gasteiger partial charge in [-0.1, -0.05) is 27.2 Å². The molecule has 0 atom stereocenters. The molecule has 4 nitrogen and oxygen atoms in total. The topological polar surface area (TPSA) is 47.6 Å². The summed E-state index contributed by atoms with van der Waals surface area (Å²) in [6, 6.07) is 14.6. The molecule has 2 rings (SSSR count). The first-order valence-corrected chi connectivity index (χ1v) is 8.85. The van der Waals surface area contributed by atoms with E-state index < -0.39 is 0 Å². The largest absolute Gasteiger partial charge is 0.494 e. The molecule has 0 saturated carbocycles. The van der Waals surface area contributed by atoms with Gasteiger partial charge in [-0.2, -0.15) is 0 Å². The first-order valence-electron chi connectivity index (χ1n) is 8.85. The maximum absolute atomic E-state index is 12.3. The molecule has 0 aliphatic rings. The highest BCUT2D eigenvalue weighted by Crippen LogP contribution is 2.18. The van der Waals surface area contributed by atoms with E-state index in [1.165, 1.54) is 0 Å². The molecule has 134 valence electrons. The van der Waals surface area contributed by atoms with Gasteiger partial charge in [-0.15, -0.1) is 0 Å². The fraction of sp³-hybridized carbons (Fsp3) is 0.381. The van der Waals surface area contributed by atoms with Gasteiger partial charge in [0.2, 0.25) is 0 Å². The average molecular weight is 341 g/mol. The van der Waals surface area contributed by atoms with Crippen LogP contribution in [0.15, 0.2) is 48.5 Å². The van der Waals surface area contributed by atoms with Crippen molar-refractivity contribution in [3.8, 4) is 11.5 Å². The van der Waals surface area contributed by atoms with Gasteiger partial charge in [-0.05, 0) is 60.9 Å². The van der Waals surface area contributed by atoms with Gasteiger partial charge in [0.25, 0.3) is 5.91 Å². The number of hydrogen-bond donors (Lipinski definition) is 1. The van der Waals surface area contributed by atoms with E-state index in [0.29, 0.717) is 24.7 Å². The van der Waals surface area contributed by atoms with Crippen molar-refractivity contribution in [2.45, 2.75) is 33.6 Å². The van der Waals surface area contributed by atoms with Crippen LogP contribution in [0.3, 0.4) is 0 Å². The highest BCUT2D eigenvalue weighted by atomic mass is 16.5. The van der Waals surface area contributed by atoms with Gasteiger partial charge in [-0.3, -0.25) is 4.79 Å².